The molecule has 5 nitrogen and oxygen atoms in total. The number of benzene rings is 2. The van der Waals surface area contributed by atoms with Gasteiger partial charge in [0.2, 0.25) is 5.91 Å². The van der Waals surface area contributed by atoms with Crippen molar-refractivity contribution in [3.8, 4) is 0 Å². The summed E-state index contributed by atoms with van der Waals surface area (Å²) in [5.41, 5.74) is 2.21. The van der Waals surface area contributed by atoms with Gasteiger partial charge in [0.25, 0.3) is 5.91 Å². The van der Waals surface area contributed by atoms with E-state index in [0.717, 1.165) is 21.6 Å². The van der Waals surface area contributed by atoms with Crippen LogP contribution in [0.2, 0.25) is 0 Å². The SMILES string of the molecule is C[C@@H](c1nc2ccccc2s1)N(C)C(=O)c1ccccc1N1CCCC1=O. The van der Waals surface area contributed by atoms with Crippen molar-refractivity contribution in [1.82, 2.24) is 9.88 Å². The second kappa shape index (κ2) is 7.12. The summed E-state index contributed by atoms with van der Waals surface area (Å²) in [5, 5.41) is 0.904. The lowest BCUT2D eigenvalue weighted by atomic mass is 10.1. The first-order valence-corrected chi connectivity index (χ1v) is 9.90. The van der Waals surface area contributed by atoms with Crippen molar-refractivity contribution >= 4 is 39.1 Å². The summed E-state index contributed by atoms with van der Waals surface area (Å²) in [4.78, 5) is 33.5. The molecule has 0 spiro atoms. The van der Waals surface area contributed by atoms with E-state index in [0.29, 0.717) is 24.2 Å². The molecule has 0 radical (unpaired) electrons. The normalized spacial score (nSPS) is 15.3. The largest absolute Gasteiger partial charge is 0.332 e. The number of fused-ring (bicyclic) bond motifs is 1. The maximum absolute atomic E-state index is 13.2. The standard InChI is InChI=1S/C21H21N3O2S/c1-14(20-22-16-9-4-6-11-18(16)27-20)23(2)21(26)15-8-3-5-10-17(15)24-13-7-12-19(24)25/h3-6,8-11,14H,7,12-13H2,1-2H3/t14-/m0/s1. The molecule has 0 unspecified atom stereocenters. The first-order chi connectivity index (χ1) is 13.1. The monoisotopic (exact) mass is 379 g/mol. The molecule has 4 rings (SSSR count). The van der Waals surface area contributed by atoms with E-state index in [9.17, 15) is 9.59 Å². The molecule has 1 atom stereocenters. The van der Waals surface area contributed by atoms with Gasteiger partial charge in [0.15, 0.2) is 0 Å². The maximum atomic E-state index is 13.2. The minimum absolute atomic E-state index is 0.0807. The van der Waals surface area contributed by atoms with Crippen molar-refractivity contribution in [2.45, 2.75) is 25.8 Å². The van der Waals surface area contributed by atoms with Gasteiger partial charge in [-0.1, -0.05) is 24.3 Å². The maximum Gasteiger partial charge on any atom is 0.256 e. The summed E-state index contributed by atoms with van der Waals surface area (Å²) in [5.74, 6) is -0.0193. The molecule has 0 bridgehead atoms. The van der Waals surface area contributed by atoms with Gasteiger partial charge in [0.1, 0.15) is 5.01 Å². The summed E-state index contributed by atoms with van der Waals surface area (Å²) in [7, 11) is 1.79. The van der Waals surface area contributed by atoms with Gasteiger partial charge < -0.3 is 9.80 Å². The number of amides is 2. The Morgan fingerprint density at radius 2 is 1.93 bits per heavy atom. The van der Waals surface area contributed by atoms with Gasteiger partial charge in [0, 0.05) is 20.0 Å². The molecule has 2 aromatic carbocycles. The quantitative estimate of drug-likeness (QED) is 0.681. The van der Waals surface area contributed by atoms with Crippen LogP contribution in [0.5, 0.6) is 0 Å². The predicted molar refractivity (Wildman–Crippen MR) is 108 cm³/mol. The number of carbonyl (C=O) groups is 2. The Labute approximate surface area is 162 Å². The first-order valence-electron chi connectivity index (χ1n) is 9.08. The Kier molecular flexibility index (Phi) is 4.66. The van der Waals surface area contributed by atoms with Gasteiger partial charge in [0.05, 0.1) is 27.5 Å². The zero-order valence-corrected chi connectivity index (χ0v) is 16.2. The molecule has 6 heteroatoms. The molecular weight excluding hydrogens is 358 g/mol. The van der Waals surface area contributed by atoms with Gasteiger partial charge in [-0.2, -0.15) is 0 Å². The number of rotatable bonds is 4. The lowest BCUT2D eigenvalue weighted by Gasteiger charge is -2.26. The number of thiazole rings is 1. The van der Waals surface area contributed by atoms with E-state index in [1.165, 1.54) is 0 Å². The average Bonchev–Trinajstić information content (AvgIpc) is 3.32. The fraction of sp³-hybridized carbons (Fsp3) is 0.286. The van der Waals surface area contributed by atoms with E-state index >= 15 is 0 Å². The molecule has 3 aromatic rings. The Hall–Kier alpha value is -2.73. The fourth-order valence-electron chi connectivity index (χ4n) is 3.39. The van der Waals surface area contributed by atoms with Crippen molar-refractivity contribution in [2.75, 3.05) is 18.5 Å². The second-order valence-corrected chi connectivity index (χ2v) is 7.84. The number of nitrogens with zero attached hydrogens (tertiary/aromatic N) is 3. The van der Waals surface area contributed by atoms with Crippen LogP contribution in [0.3, 0.4) is 0 Å². The summed E-state index contributed by atoms with van der Waals surface area (Å²) < 4.78 is 1.11. The van der Waals surface area contributed by atoms with Crippen molar-refractivity contribution in [3.05, 3.63) is 59.1 Å². The average molecular weight is 379 g/mol. The van der Waals surface area contributed by atoms with Crippen LogP contribution in [0.1, 0.15) is 41.2 Å². The minimum Gasteiger partial charge on any atom is -0.332 e. The first kappa shape index (κ1) is 17.7. The highest BCUT2D eigenvalue weighted by Gasteiger charge is 2.28. The van der Waals surface area contributed by atoms with E-state index in [1.54, 1.807) is 34.3 Å². The molecule has 0 saturated carbocycles. The van der Waals surface area contributed by atoms with Gasteiger partial charge in [-0.3, -0.25) is 9.59 Å². The van der Waals surface area contributed by atoms with Gasteiger partial charge in [-0.25, -0.2) is 4.98 Å². The highest BCUT2D eigenvalue weighted by Crippen LogP contribution is 2.31. The Balaban J connectivity index is 1.63. The predicted octanol–water partition coefficient (Wildman–Crippen LogP) is 4.26. The van der Waals surface area contributed by atoms with Crippen LogP contribution in [0.25, 0.3) is 10.2 Å². The lowest BCUT2D eigenvalue weighted by molar-refractivity contribution is -0.117. The lowest BCUT2D eigenvalue weighted by Crippen LogP contribution is -2.32. The molecule has 1 aliphatic rings. The van der Waals surface area contributed by atoms with Crippen molar-refractivity contribution in [1.29, 1.82) is 0 Å². The Morgan fingerprint density at radius 1 is 1.19 bits per heavy atom. The van der Waals surface area contributed by atoms with Gasteiger partial charge in [-0.15, -0.1) is 11.3 Å². The zero-order chi connectivity index (χ0) is 19.0. The summed E-state index contributed by atoms with van der Waals surface area (Å²) in [6.45, 7) is 2.65. The third-order valence-electron chi connectivity index (χ3n) is 5.07. The summed E-state index contributed by atoms with van der Waals surface area (Å²) in [6, 6.07) is 15.2. The zero-order valence-electron chi connectivity index (χ0n) is 15.4. The summed E-state index contributed by atoms with van der Waals surface area (Å²) >= 11 is 1.61. The van der Waals surface area contributed by atoms with Crippen LogP contribution >= 0.6 is 11.3 Å². The van der Waals surface area contributed by atoms with E-state index in [1.807, 2.05) is 49.4 Å². The Morgan fingerprint density at radius 3 is 2.67 bits per heavy atom. The van der Waals surface area contributed by atoms with Gasteiger partial charge >= 0.3 is 0 Å². The summed E-state index contributed by atoms with van der Waals surface area (Å²) in [6.07, 6.45) is 1.37. The molecule has 1 aliphatic heterocycles. The molecule has 1 saturated heterocycles. The molecular formula is C21H21N3O2S. The minimum atomic E-state index is -0.155. The number of para-hydroxylation sites is 2. The van der Waals surface area contributed by atoms with Crippen molar-refractivity contribution in [3.63, 3.8) is 0 Å². The van der Waals surface area contributed by atoms with Crippen LogP contribution in [0, 0.1) is 0 Å². The van der Waals surface area contributed by atoms with Crippen LogP contribution in [-0.4, -0.2) is 35.3 Å². The number of aromatic nitrogens is 1. The van der Waals surface area contributed by atoms with Crippen LogP contribution in [0.4, 0.5) is 5.69 Å². The molecule has 138 valence electrons. The van der Waals surface area contributed by atoms with Crippen molar-refractivity contribution in [2.24, 2.45) is 0 Å². The number of hydrogen-bond donors (Lipinski definition) is 0. The highest BCUT2D eigenvalue weighted by atomic mass is 32.1. The number of anilines is 1. The van der Waals surface area contributed by atoms with E-state index in [-0.39, 0.29) is 17.9 Å². The van der Waals surface area contributed by atoms with E-state index < -0.39 is 0 Å². The second-order valence-electron chi connectivity index (χ2n) is 6.78. The molecule has 2 heterocycles. The third-order valence-corrected chi connectivity index (χ3v) is 6.27. The molecule has 1 aromatic heterocycles. The van der Waals surface area contributed by atoms with Crippen LogP contribution < -0.4 is 4.90 Å². The van der Waals surface area contributed by atoms with E-state index in [2.05, 4.69) is 4.98 Å². The van der Waals surface area contributed by atoms with E-state index in [4.69, 9.17) is 0 Å². The number of hydrogen-bond acceptors (Lipinski definition) is 4. The Bertz CT molecular complexity index is 980. The van der Waals surface area contributed by atoms with Crippen molar-refractivity contribution < 1.29 is 9.59 Å². The molecule has 1 fully saturated rings. The topological polar surface area (TPSA) is 53.5 Å². The molecule has 0 aliphatic carbocycles. The highest BCUT2D eigenvalue weighted by molar-refractivity contribution is 7.18. The van der Waals surface area contributed by atoms with Crippen LogP contribution in [0.15, 0.2) is 48.5 Å². The fourth-order valence-corrected chi connectivity index (χ4v) is 4.46. The molecule has 27 heavy (non-hydrogen) atoms. The third kappa shape index (κ3) is 3.21. The molecule has 2 amide bonds. The number of carbonyl (C=O) groups excluding carboxylic acids is 2. The smallest absolute Gasteiger partial charge is 0.256 e. The van der Waals surface area contributed by atoms with Crippen LogP contribution in [-0.2, 0) is 4.79 Å². The van der Waals surface area contributed by atoms with Gasteiger partial charge in [-0.05, 0) is 37.6 Å². The molecule has 0 N–H and O–H groups in total.